The van der Waals surface area contributed by atoms with E-state index in [0.29, 0.717) is 17.8 Å². The van der Waals surface area contributed by atoms with Gasteiger partial charge >= 0.3 is 6.03 Å². The molecule has 1 aliphatic heterocycles. The molecule has 4 nitrogen and oxygen atoms in total. The zero-order valence-electron chi connectivity index (χ0n) is 16.4. The number of aryl methyl sites for hydroxylation is 1. The largest absolute Gasteiger partial charge is 0.323 e. The Hall–Kier alpha value is -3.38. The summed E-state index contributed by atoms with van der Waals surface area (Å²) < 4.78 is 16.2. The molecule has 0 saturated heterocycles. The first kappa shape index (κ1) is 18.6. The maximum atomic E-state index is 14.0. The number of nitrogens with zero attached hydrogens (tertiary/aromatic N) is 2. The Morgan fingerprint density at radius 3 is 2.77 bits per heavy atom. The van der Waals surface area contributed by atoms with Crippen LogP contribution >= 0.6 is 11.3 Å². The molecule has 5 rings (SSSR count). The molecule has 2 aromatic heterocycles. The molecule has 0 unspecified atom stereocenters. The van der Waals surface area contributed by atoms with Gasteiger partial charge in [-0.2, -0.15) is 0 Å². The molecule has 0 saturated carbocycles. The molecule has 0 aliphatic carbocycles. The normalized spacial score (nSPS) is 15.3. The van der Waals surface area contributed by atoms with E-state index in [1.54, 1.807) is 30.4 Å². The standard InChI is InChI=1S/C24H20FN3OS/c1-16-10-11-18(14-19(16)25)26-24(29)28-15-17-6-2-3-7-20(17)27-12-4-8-21(27)23(28)22-9-5-13-30-22/h2-14,23H,15H2,1H3,(H,26,29)/t23-/m1/s1. The molecular weight excluding hydrogens is 397 g/mol. The minimum Gasteiger partial charge on any atom is -0.318 e. The number of carbonyl (C=O) groups excluding carboxylic acids is 1. The van der Waals surface area contributed by atoms with Crippen LogP contribution in [0.3, 0.4) is 0 Å². The van der Waals surface area contributed by atoms with Crippen molar-refractivity contribution in [3.05, 3.63) is 106 Å². The van der Waals surface area contributed by atoms with E-state index in [9.17, 15) is 9.18 Å². The van der Waals surface area contributed by atoms with Gasteiger partial charge in [-0.25, -0.2) is 9.18 Å². The van der Waals surface area contributed by atoms with Crippen LogP contribution in [-0.4, -0.2) is 15.5 Å². The number of rotatable bonds is 2. The Kier molecular flexibility index (Phi) is 4.64. The fraction of sp³-hybridized carbons (Fsp3) is 0.125. The number of fused-ring (bicyclic) bond motifs is 3. The summed E-state index contributed by atoms with van der Waals surface area (Å²) in [5, 5.41) is 4.92. The molecule has 2 amide bonds. The highest BCUT2D eigenvalue weighted by atomic mass is 32.1. The topological polar surface area (TPSA) is 37.3 Å². The van der Waals surface area contributed by atoms with Crippen molar-refractivity contribution in [2.45, 2.75) is 19.5 Å². The third kappa shape index (κ3) is 3.19. The zero-order chi connectivity index (χ0) is 20.7. The second-order valence-corrected chi connectivity index (χ2v) is 8.35. The molecule has 0 spiro atoms. The summed E-state index contributed by atoms with van der Waals surface area (Å²) in [4.78, 5) is 16.3. The highest BCUT2D eigenvalue weighted by Crippen LogP contribution is 2.38. The van der Waals surface area contributed by atoms with Gasteiger partial charge in [0.25, 0.3) is 0 Å². The zero-order valence-corrected chi connectivity index (χ0v) is 17.2. The number of nitrogens with one attached hydrogen (secondary N) is 1. The molecule has 4 aromatic rings. The van der Waals surface area contributed by atoms with Crippen molar-refractivity contribution >= 4 is 23.1 Å². The molecule has 2 aromatic carbocycles. The van der Waals surface area contributed by atoms with Crippen molar-refractivity contribution in [2.24, 2.45) is 0 Å². The van der Waals surface area contributed by atoms with Gasteiger partial charge in [0.05, 0.1) is 17.9 Å². The maximum Gasteiger partial charge on any atom is 0.323 e. The maximum absolute atomic E-state index is 14.0. The van der Waals surface area contributed by atoms with Crippen molar-refractivity contribution in [3.63, 3.8) is 0 Å². The smallest absolute Gasteiger partial charge is 0.318 e. The molecule has 150 valence electrons. The third-order valence-corrected chi connectivity index (χ3v) is 6.39. The van der Waals surface area contributed by atoms with Crippen LogP contribution in [0.2, 0.25) is 0 Å². The lowest BCUT2D eigenvalue weighted by molar-refractivity contribution is 0.195. The predicted octanol–water partition coefficient (Wildman–Crippen LogP) is 6.12. The van der Waals surface area contributed by atoms with Gasteiger partial charge < -0.3 is 14.8 Å². The molecule has 1 atom stereocenters. The van der Waals surface area contributed by atoms with E-state index in [2.05, 4.69) is 28.1 Å². The lowest BCUT2D eigenvalue weighted by Crippen LogP contribution is -2.37. The van der Waals surface area contributed by atoms with E-state index in [1.807, 2.05) is 46.8 Å². The number of thiophene rings is 1. The SMILES string of the molecule is Cc1ccc(NC(=O)N2Cc3ccccc3-n3cccc3[C@@H]2c2cccs2)cc1F. The van der Waals surface area contributed by atoms with Gasteiger partial charge in [-0.05, 0) is 59.8 Å². The number of hydrogen-bond donors (Lipinski definition) is 1. The minimum absolute atomic E-state index is 0.248. The number of anilines is 1. The summed E-state index contributed by atoms with van der Waals surface area (Å²) in [6.07, 6.45) is 2.03. The van der Waals surface area contributed by atoms with Gasteiger partial charge in [0.1, 0.15) is 11.9 Å². The summed E-state index contributed by atoms with van der Waals surface area (Å²) in [5.41, 5.74) is 4.13. The van der Waals surface area contributed by atoms with Gasteiger partial charge in [-0.1, -0.05) is 30.3 Å². The Morgan fingerprint density at radius 2 is 1.97 bits per heavy atom. The second kappa shape index (κ2) is 7.46. The van der Waals surface area contributed by atoms with Gasteiger partial charge in [-0.15, -0.1) is 11.3 Å². The number of carbonyl (C=O) groups is 1. The summed E-state index contributed by atoms with van der Waals surface area (Å²) in [6, 6.07) is 20.5. The average molecular weight is 418 g/mol. The Morgan fingerprint density at radius 1 is 1.10 bits per heavy atom. The van der Waals surface area contributed by atoms with Gasteiger partial charge in [-0.3, -0.25) is 0 Å². The first-order valence-corrected chi connectivity index (χ1v) is 10.6. The van der Waals surface area contributed by atoms with Crippen LogP contribution in [0.1, 0.15) is 27.7 Å². The van der Waals surface area contributed by atoms with E-state index < -0.39 is 0 Å². The highest BCUT2D eigenvalue weighted by molar-refractivity contribution is 7.10. The van der Waals surface area contributed by atoms with Gasteiger partial charge in [0, 0.05) is 16.8 Å². The number of aromatic nitrogens is 1. The molecule has 1 aliphatic rings. The third-order valence-electron chi connectivity index (χ3n) is 5.46. The molecular formula is C24H20FN3OS. The van der Waals surface area contributed by atoms with Crippen molar-refractivity contribution in [3.8, 4) is 5.69 Å². The lowest BCUT2D eigenvalue weighted by atomic mass is 10.1. The Balaban J connectivity index is 1.60. The molecule has 0 fully saturated rings. The molecule has 0 radical (unpaired) electrons. The Labute approximate surface area is 178 Å². The van der Waals surface area contributed by atoms with E-state index in [1.165, 1.54) is 6.07 Å². The van der Waals surface area contributed by atoms with Crippen LogP contribution in [0.5, 0.6) is 0 Å². The quantitative estimate of drug-likeness (QED) is 0.419. The van der Waals surface area contributed by atoms with Gasteiger partial charge in [0.15, 0.2) is 0 Å². The van der Waals surface area contributed by atoms with Crippen molar-refractivity contribution in [1.29, 1.82) is 0 Å². The molecule has 1 N–H and O–H groups in total. The lowest BCUT2D eigenvalue weighted by Gasteiger charge is -2.30. The second-order valence-electron chi connectivity index (χ2n) is 7.37. The van der Waals surface area contributed by atoms with Crippen LogP contribution < -0.4 is 5.32 Å². The number of amides is 2. The van der Waals surface area contributed by atoms with Gasteiger partial charge in [0.2, 0.25) is 0 Å². The van der Waals surface area contributed by atoms with Crippen molar-refractivity contribution in [2.75, 3.05) is 5.32 Å². The number of hydrogen-bond acceptors (Lipinski definition) is 2. The molecule has 6 heteroatoms. The van der Waals surface area contributed by atoms with Crippen molar-refractivity contribution in [1.82, 2.24) is 9.47 Å². The van der Waals surface area contributed by atoms with E-state index in [4.69, 9.17) is 0 Å². The number of urea groups is 1. The van der Waals surface area contributed by atoms with Crippen molar-refractivity contribution < 1.29 is 9.18 Å². The minimum atomic E-state index is -0.335. The predicted molar refractivity (Wildman–Crippen MR) is 118 cm³/mol. The summed E-state index contributed by atoms with van der Waals surface area (Å²) in [6.45, 7) is 2.15. The average Bonchev–Trinajstić information content (AvgIpc) is 3.42. The summed E-state index contributed by atoms with van der Waals surface area (Å²) in [7, 11) is 0. The number of halogens is 1. The monoisotopic (exact) mass is 417 g/mol. The number of para-hydroxylation sites is 1. The van der Waals surface area contributed by atoms with E-state index >= 15 is 0 Å². The fourth-order valence-corrected chi connectivity index (χ4v) is 4.80. The molecule has 0 bridgehead atoms. The Bertz CT molecular complexity index is 1210. The molecule has 30 heavy (non-hydrogen) atoms. The fourth-order valence-electron chi connectivity index (χ4n) is 3.95. The van der Waals surface area contributed by atoms with E-state index in [-0.39, 0.29) is 17.9 Å². The van der Waals surface area contributed by atoms with Crippen LogP contribution in [0.4, 0.5) is 14.9 Å². The first-order valence-electron chi connectivity index (χ1n) is 9.74. The van der Waals surface area contributed by atoms with Crippen LogP contribution in [-0.2, 0) is 6.54 Å². The highest BCUT2D eigenvalue weighted by Gasteiger charge is 2.33. The summed E-state index contributed by atoms with van der Waals surface area (Å²) in [5.74, 6) is -0.335. The first-order chi connectivity index (χ1) is 14.6. The molecule has 3 heterocycles. The number of benzene rings is 2. The van der Waals surface area contributed by atoms with E-state index in [0.717, 1.165) is 21.8 Å². The summed E-state index contributed by atoms with van der Waals surface area (Å²) >= 11 is 1.62. The van der Waals surface area contributed by atoms with Crippen LogP contribution in [0, 0.1) is 12.7 Å². The van der Waals surface area contributed by atoms with Crippen LogP contribution in [0.25, 0.3) is 5.69 Å². The van der Waals surface area contributed by atoms with Crippen LogP contribution in [0.15, 0.2) is 78.3 Å².